The van der Waals surface area contributed by atoms with Crippen molar-refractivity contribution in [2.24, 2.45) is 0 Å². The summed E-state index contributed by atoms with van der Waals surface area (Å²) in [6.07, 6.45) is 0.997. The number of hydrogen-bond acceptors (Lipinski definition) is 3. The van der Waals surface area contributed by atoms with Gasteiger partial charge in [-0.15, -0.1) is 0 Å². The van der Waals surface area contributed by atoms with Crippen LogP contribution in [0.15, 0.2) is 12.3 Å². The second kappa shape index (κ2) is 4.79. The van der Waals surface area contributed by atoms with E-state index in [1.54, 1.807) is 0 Å². The number of aliphatic hydroxyl groups is 1. The summed E-state index contributed by atoms with van der Waals surface area (Å²) in [5.41, 5.74) is -0.428. The van der Waals surface area contributed by atoms with Gasteiger partial charge in [0.05, 0.1) is 12.2 Å². The van der Waals surface area contributed by atoms with Gasteiger partial charge >= 0.3 is 0 Å². The van der Waals surface area contributed by atoms with E-state index in [2.05, 4.69) is 10.3 Å². The molecule has 1 aromatic heterocycles. The number of amides is 1. The lowest BCUT2D eigenvalue weighted by Crippen LogP contribution is -2.35. The van der Waals surface area contributed by atoms with Crippen LogP contribution in [-0.4, -0.2) is 28.6 Å². The summed E-state index contributed by atoms with van der Waals surface area (Å²) in [4.78, 5) is 14.4. The summed E-state index contributed by atoms with van der Waals surface area (Å²) in [7, 11) is 0. The first-order chi connectivity index (χ1) is 7.06. The molecule has 0 saturated heterocycles. The van der Waals surface area contributed by atoms with Gasteiger partial charge in [-0.05, 0) is 13.0 Å². The Morgan fingerprint density at radius 1 is 1.67 bits per heavy atom. The summed E-state index contributed by atoms with van der Waals surface area (Å²) in [5, 5.41) is 11.0. The second-order valence-electron chi connectivity index (χ2n) is 3.02. The van der Waals surface area contributed by atoms with Gasteiger partial charge in [0.1, 0.15) is 0 Å². The number of carbonyl (C=O) groups is 1. The van der Waals surface area contributed by atoms with Gasteiger partial charge in [0.2, 0.25) is 5.95 Å². The third kappa shape index (κ3) is 2.69. The van der Waals surface area contributed by atoms with E-state index in [0.717, 1.165) is 12.3 Å². The van der Waals surface area contributed by atoms with Crippen molar-refractivity contribution in [1.29, 1.82) is 0 Å². The first kappa shape index (κ1) is 11.5. The summed E-state index contributed by atoms with van der Waals surface area (Å²) in [5.74, 6) is -3.39. The number of nitrogens with zero attached hydrogens (tertiary/aromatic N) is 1. The van der Waals surface area contributed by atoms with Crippen LogP contribution >= 0.6 is 0 Å². The number of pyridine rings is 1. The minimum Gasteiger partial charge on any atom is -0.394 e. The zero-order chi connectivity index (χ0) is 11.4. The molecule has 0 aromatic carbocycles. The van der Waals surface area contributed by atoms with Crippen LogP contribution < -0.4 is 5.32 Å². The zero-order valence-corrected chi connectivity index (χ0v) is 8.00. The molecule has 2 N–H and O–H groups in total. The van der Waals surface area contributed by atoms with E-state index in [-0.39, 0.29) is 6.61 Å². The van der Waals surface area contributed by atoms with Crippen molar-refractivity contribution in [3.05, 3.63) is 29.6 Å². The Labute approximate surface area is 84.9 Å². The molecule has 0 saturated carbocycles. The van der Waals surface area contributed by atoms with Crippen molar-refractivity contribution in [1.82, 2.24) is 10.3 Å². The molecule has 0 aliphatic carbocycles. The topological polar surface area (TPSA) is 62.2 Å². The van der Waals surface area contributed by atoms with Crippen molar-refractivity contribution in [3.63, 3.8) is 0 Å². The quantitative estimate of drug-likeness (QED) is 0.722. The predicted molar refractivity (Wildman–Crippen MR) is 48.2 cm³/mol. The zero-order valence-electron chi connectivity index (χ0n) is 8.00. The van der Waals surface area contributed by atoms with Gasteiger partial charge in [-0.1, -0.05) is 0 Å². The third-order valence-electron chi connectivity index (χ3n) is 1.74. The average Bonchev–Trinajstić information content (AvgIpc) is 2.21. The monoisotopic (exact) mass is 216 g/mol. The Balaban J connectivity index is 2.87. The number of halogens is 2. The highest BCUT2D eigenvalue weighted by Gasteiger charge is 2.17. The molecule has 1 amide bonds. The SMILES string of the molecule is C[C@@H](CO)NC(=O)c1ccnc(F)c1F. The molecule has 0 aliphatic heterocycles. The lowest BCUT2D eigenvalue weighted by molar-refractivity contribution is 0.0916. The van der Waals surface area contributed by atoms with Crippen LogP contribution in [0.1, 0.15) is 17.3 Å². The fourth-order valence-corrected chi connectivity index (χ4v) is 0.941. The third-order valence-corrected chi connectivity index (χ3v) is 1.74. The Hall–Kier alpha value is -1.56. The van der Waals surface area contributed by atoms with E-state index < -0.39 is 29.3 Å². The fraction of sp³-hybridized carbons (Fsp3) is 0.333. The smallest absolute Gasteiger partial charge is 0.254 e. The Kier molecular flexibility index (Phi) is 3.68. The van der Waals surface area contributed by atoms with Crippen LogP contribution in [-0.2, 0) is 0 Å². The molecule has 6 heteroatoms. The van der Waals surface area contributed by atoms with Gasteiger partial charge in [-0.25, -0.2) is 9.37 Å². The van der Waals surface area contributed by atoms with Crippen LogP contribution in [0.2, 0.25) is 0 Å². The highest BCUT2D eigenvalue weighted by Crippen LogP contribution is 2.08. The molecule has 4 nitrogen and oxygen atoms in total. The molecular formula is C9H10F2N2O2. The van der Waals surface area contributed by atoms with Gasteiger partial charge in [-0.2, -0.15) is 4.39 Å². The normalized spacial score (nSPS) is 12.3. The van der Waals surface area contributed by atoms with E-state index in [0.29, 0.717) is 0 Å². The lowest BCUT2D eigenvalue weighted by atomic mass is 10.2. The van der Waals surface area contributed by atoms with Crippen molar-refractivity contribution in [3.8, 4) is 0 Å². The molecule has 15 heavy (non-hydrogen) atoms. The molecule has 1 atom stereocenters. The minimum absolute atomic E-state index is 0.277. The van der Waals surface area contributed by atoms with Crippen LogP contribution in [0.5, 0.6) is 0 Å². The van der Waals surface area contributed by atoms with Crippen molar-refractivity contribution < 1.29 is 18.7 Å². The molecule has 0 spiro atoms. The van der Waals surface area contributed by atoms with Gasteiger partial charge in [0, 0.05) is 12.2 Å². The summed E-state index contributed by atoms with van der Waals surface area (Å²) >= 11 is 0. The maximum Gasteiger partial charge on any atom is 0.254 e. The van der Waals surface area contributed by atoms with Crippen LogP contribution in [0.4, 0.5) is 8.78 Å². The standard InChI is InChI=1S/C9H10F2N2O2/c1-5(4-14)13-9(15)6-2-3-12-8(11)7(6)10/h2-3,5,14H,4H2,1H3,(H,13,15)/t5-/m0/s1. The van der Waals surface area contributed by atoms with Gasteiger partial charge in [0.25, 0.3) is 5.91 Å². The molecule has 0 aliphatic rings. The predicted octanol–water partition coefficient (Wildman–Crippen LogP) is 0.470. The molecular weight excluding hydrogens is 206 g/mol. The van der Waals surface area contributed by atoms with E-state index in [4.69, 9.17) is 5.11 Å². The summed E-state index contributed by atoms with van der Waals surface area (Å²) < 4.78 is 25.7. The highest BCUT2D eigenvalue weighted by atomic mass is 19.2. The average molecular weight is 216 g/mol. The number of aliphatic hydroxyl groups excluding tert-OH is 1. The van der Waals surface area contributed by atoms with Gasteiger partial charge in [0.15, 0.2) is 5.82 Å². The van der Waals surface area contributed by atoms with Crippen LogP contribution in [0.3, 0.4) is 0 Å². The maximum atomic E-state index is 13.0. The molecule has 1 aromatic rings. The van der Waals surface area contributed by atoms with E-state index >= 15 is 0 Å². The number of rotatable bonds is 3. The van der Waals surface area contributed by atoms with Crippen LogP contribution in [0.25, 0.3) is 0 Å². The van der Waals surface area contributed by atoms with E-state index in [9.17, 15) is 13.6 Å². The minimum atomic E-state index is -1.32. The van der Waals surface area contributed by atoms with Gasteiger partial charge < -0.3 is 10.4 Å². The first-order valence-corrected chi connectivity index (χ1v) is 4.28. The van der Waals surface area contributed by atoms with Crippen molar-refractivity contribution in [2.45, 2.75) is 13.0 Å². The molecule has 1 rings (SSSR count). The van der Waals surface area contributed by atoms with E-state index in [1.807, 2.05) is 0 Å². The largest absolute Gasteiger partial charge is 0.394 e. The summed E-state index contributed by atoms with van der Waals surface area (Å²) in [6, 6.07) is 0.547. The van der Waals surface area contributed by atoms with E-state index in [1.165, 1.54) is 6.92 Å². The van der Waals surface area contributed by atoms with Crippen LogP contribution in [0, 0.1) is 11.8 Å². The lowest BCUT2D eigenvalue weighted by Gasteiger charge is -2.10. The molecule has 1 heterocycles. The number of nitrogens with one attached hydrogen (secondary N) is 1. The van der Waals surface area contributed by atoms with Crippen molar-refractivity contribution in [2.75, 3.05) is 6.61 Å². The molecule has 0 fully saturated rings. The first-order valence-electron chi connectivity index (χ1n) is 4.28. The molecule has 0 bridgehead atoms. The molecule has 0 unspecified atom stereocenters. The fourth-order valence-electron chi connectivity index (χ4n) is 0.941. The maximum absolute atomic E-state index is 13.0. The Morgan fingerprint density at radius 3 is 2.93 bits per heavy atom. The Morgan fingerprint density at radius 2 is 2.33 bits per heavy atom. The van der Waals surface area contributed by atoms with Crippen molar-refractivity contribution >= 4 is 5.91 Å². The number of carbonyl (C=O) groups excluding carboxylic acids is 1. The molecule has 0 radical (unpaired) electrons. The molecule has 82 valence electrons. The van der Waals surface area contributed by atoms with Gasteiger partial charge in [-0.3, -0.25) is 4.79 Å². The number of hydrogen-bond donors (Lipinski definition) is 2. The highest BCUT2D eigenvalue weighted by molar-refractivity contribution is 5.94. The Bertz CT molecular complexity index is 371. The number of aromatic nitrogens is 1. The second-order valence-corrected chi connectivity index (χ2v) is 3.02. The summed E-state index contributed by atoms with van der Waals surface area (Å²) in [6.45, 7) is 1.26.